The van der Waals surface area contributed by atoms with Gasteiger partial charge in [-0.1, -0.05) is 6.07 Å². The maximum atomic E-state index is 12.0. The Morgan fingerprint density at radius 2 is 2.00 bits per heavy atom. The fourth-order valence-corrected chi connectivity index (χ4v) is 1.44. The summed E-state index contributed by atoms with van der Waals surface area (Å²) in [6, 6.07) is 3.49. The second kappa shape index (κ2) is 6.70. The number of alkyl halides is 3. The van der Waals surface area contributed by atoms with Gasteiger partial charge in [0.2, 0.25) is 0 Å². The second-order valence-corrected chi connectivity index (χ2v) is 3.69. The molecule has 104 valence electrons. The molecule has 0 aromatic heterocycles. The Hall–Kier alpha value is -1.14. The van der Waals surface area contributed by atoms with Crippen molar-refractivity contribution in [2.75, 3.05) is 7.11 Å². The molecule has 0 fully saturated rings. The molecule has 3 nitrogen and oxygen atoms in total. The van der Waals surface area contributed by atoms with E-state index in [9.17, 15) is 18.3 Å². The lowest BCUT2D eigenvalue weighted by molar-refractivity contribution is -0.136. The first-order valence-electron chi connectivity index (χ1n) is 5.02. The molecule has 1 aromatic carbocycles. The van der Waals surface area contributed by atoms with Gasteiger partial charge in [-0.25, -0.2) is 0 Å². The largest absolute Gasteiger partial charge is 0.507 e. The molecule has 1 rings (SSSR count). The van der Waals surface area contributed by atoms with Crippen LogP contribution in [0.5, 0.6) is 11.5 Å². The molecule has 0 aliphatic heterocycles. The zero-order chi connectivity index (χ0) is 13.1. The maximum absolute atomic E-state index is 12.0. The van der Waals surface area contributed by atoms with Crippen molar-refractivity contribution in [3.8, 4) is 11.5 Å². The number of ether oxygens (including phenoxy) is 1. The topological polar surface area (TPSA) is 55.5 Å². The van der Waals surface area contributed by atoms with Gasteiger partial charge >= 0.3 is 6.18 Å². The first kappa shape index (κ1) is 16.9. The summed E-state index contributed by atoms with van der Waals surface area (Å²) < 4.78 is 40.9. The Morgan fingerprint density at radius 3 is 2.44 bits per heavy atom. The summed E-state index contributed by atoms with van der Waals surface area (Å²) in [4.78, 5) is 0. The molecular formula is C11H15ClF3NO2. The number of phenols is 1. The van der Waals surface area contributed by atoms with E-state index in [0.717, 1.165) is 0 Å². The van der Waals surface area contributed by atoms with Gasteiger partial charge in [0.15, 0.2) is 0 Å². The molecule has 0 aliphatic rings. The molecular weight excluding hydrogens is 271 g/mol. The SMILES string of the molecule is COc1ccc([C@@H](N)CCC(F)(F)F)c(O)c1.Cl. The summed E-state index contributed by atoms with van der Waals surface area (Å²) in [6.45, 7) is 0. The molecule has 0 radical (unpaired) electrons. The lowest BCUT2D eigenvalue weighted by Crippen LogP contribution is -2.15. The van der Waals surface area contributed by atoms with Crippen LogP contribution in [0.4, 0.5) is 13.2 Å². The molecule has 0 saturated carbocycles. The van der Waals surface area contributed by atoms with Gasteiger partial charge in [-0.05, 0) is 12.5 Å². The van der Waals surface area contributed by atoms with E-state index in [4.69, 9.17) is 10.5 Å². The smallest absolute Gasteiger partial charge is 0.389 e. The van der Waals surface area contributed by atoms with Crippen molar-refractivity contribution in [2.45, 2.75) is 25.1 Å². The van der Waals surface area contributed by atoms with E-state index in [2.05, 4.69) is 0 Å². The van der Waals surface area contributed by atoms with Crippen LogP contribution in [0.15, 0.2) is 18.2 Å². The van der Waals surface area contributed by atoms with Gasteiger partial charge in [-0.3, -0.25) is 0 Å². The number of nitrogens with two attached hydrogens (primary N) is 1. The van der Waals surface area contributed by atoms with Crippen LogP contribution in [0.3, 0.4) is 0 Å². The quantitative estimate of drug-likeness (QED) is 0.893. The highest BCUT2D eigenvalue weighted by molar-refractivity contribution is 5.85. The Kier molecular flexibility index (Phi) is 6.28. The van der Waals surface area contributed by atoms with Crippen LogP contribution in [0.1, 0.15) is 24.4 Å². The highest BCUT2D eigenvalue weighted by atomic mass is 35.5. The summed E-state index contributed by atoms with van der Waals surface area (Å²) in [5, 5.41) is 9.58. The van der Waals surface area contributed by atoms with Gasteiger partial charge in [0, 0.05) is 24.1 Å². The van der Waals surface area contributed by atoms with Crippen LogP contribution < -0.4 is 10.5 Å². The van der Waals surface area contributed by atoms with Crippen molar-refractivity contribution in [3.63, 3.8) is 0 Å². The van der Waals surface area contributed by atoms with Crippen LogP contribution in [0.2, 0.25) is 0 Å². The lowest BCUT2D eigenvalue weighted by Gasteiger charge is -2.15. The number of hydrogen-bond acceptors (Lipinski definition) is 3. The molecule has 3 N–H and O–H groups in total. The highest BCUT2D eigenvalue weighted by Crippen LogP contribution is 2.32. The standard InChI is InChI=1S/C11H14F3NO2.ClH/c1-17-7-2-3-8(10(16)6-7)9(15)4-5-11(12,13)14;/h2-3,6,9,16H,4-5,15H2,1H3;1H/t9-;/m0./s1. The Morgan fingerprint density at radius 1 is 1.39 bits per heavy atom. The predicted molar refractivity (Wildman–Crippen MR) is 64.1 cm³/mol. The third kappa shape index (κ3) is 5.01. The Labute approximate surface area is 109 Å². The minimum absolute atomic E-state index is 0. The average Bonchev–Trinajstić information content (AvgIpc) is 2.24. The molecule has 0 saturated heterocycles. The molecule has 0 aliphatic carbocycles. The molecule has 18 heavy (non-hydrogen) atoms. The van der Waals surface area contributed by atoms with E-state index in [-0.39, 0.29) is 30.1 Å². The van der Waals surface area contributed by atoms with Crippen molar-refractivity contribution in [1.29, 1.82) is 0 Å². The van der Waals surface area contributed by atoms with Crippen LogP contribution in [0, 0.1) is 0 Å². The number of benzene rings is 1. The summed E-state index contributed by atoms with van der Waals surface area (Å²) >= 11 is 0. The molecule has 0 bridgehead atoms. The van der Waals surface area contributed by atoms with E-state index in [1.165, 1.54) is 19.2 Å². The predicted octanol–water partition coefficient (Wildman–Crippen LogP) is 3.16. The van der Waals surface area contributed by atoms with Crippen molar-refractivity contribution in [1.82, 2.24) is 0 Å². The molecule has 0 amide bonds. The van der Waals surface area contributed by atoms with E-state index >= 15 is 0 Å². The van der Waals surface area contributed by atoms with Crippen molar-refractivity contribution < 1.29 is 23.0 Å². The maximum Gasteiger partial charge on any atom is 0.389 e. The van der Waals surface area contributed by atoms with E-state index in [1.54, 1.807) is 6.07 Å². The van der Waals surface area contributed by atoms with Crippen molar-refractivity contribution in [2.24, 2.45) is 5.73 Å². The van der Waals surface area contributed by atoms with Gasteiger partial charge in [0.1, 0.15) is 11.5 Å². The Bertz CT molecular complexity index is 385. The van der Waals surface area contributed by atoms with E-state index in [1.807, 2.05) is 0 Å². The molecule has 0 heterocycles. The zero-order valence-electron chi connectivity index (χ0n) is 9.70. The number of phenolic OH excluding ortho intramolecular Hbond substituents is 1. The van der Waals surface area contributed by atoms with Crippen LogP contribution >= 0.6 is 12.4 Å². The van der Waals surface area contributed by atoms with Gasteiger partial charge in [0.25, 0.3) is 0 Å². The fourth-order valence-electron chi connectivity index (χ4n) is 1.44. The number of aromatic hydroxyl groups is 1. The number of rotatable bonds is 4. The third-order valence-electron chi connectivity index (χ3n) is 2.38. The molecule has 1 aromatic rings. The summed E-state index contributed by atoms with van der Waals surface area (Å²) in [5.74, 6) is 0.272. The zero-order valence-corrected chi connectivity index (χ0v) is 10.5. The van der Waals surface area contributed by atoms with E-state index in [0.29, 0.717) is 5.75 Å². The van der Waals surface area contributed by atoms with Crippen molar-refractivity contribution >= 4 is 12.4 Å². The fraction of sp³-hybridized carbons (Fsp3) is 0.455. The third-order valence-corrected chi connectivity index (χ3v) is 2.38. The summed E-state index contributed by atoms with van der Waals surface area (Å²) in [5.41, 5.74) is 5.88. The first-order valence-corrected chi connectivity index (χ1v) is 5.02. The summed E-state index contributed by atoms with van der Waals surface area (Å²) in [6.07, 6.45) is -5.47. The molecule has 0 spiro atoms. The molecule has 0 unspecified atom stereocenters. The van der Waals surface area contributed by atoms with Crippen molar-refractivity contribution in [3.05, 3.63) is 23.8 Å². The molecule has 7 heteroatoms. The molecule has 1 atom stereocenters. The number of hydrogen-bond donors (Lipinski definition) is 2. The summed E-state index contributed by atoms with van der Waals surface area (Å²) in [7, 11) is 1.43. The van der Waals surface area contributed by atoms with Crippen LogP contribution in [0.25, 0.3) is 0 Å². The van der Waals surface area contributed by atoms with Gasteiger partial charge in [-0.15, -0.1) is 12.4 Å². The number of methoxy groups -OCH3 is 1. The minimum Gasteiger partial charge on any atom is -0.507 e. The monoisotopic (exact) mass is 285 g/mol. The van der Waals surface area contributed by atoms with Gasteiger partial charge < -0.3 is 15.6 Å². The number of halogens is 4. The average molecular weight is 286 g/mol. The lowest BCUT2D eigenvalue weighted by atomic mass is 10.0. The first-order chi connectivity index (χ1) is 7.83. The minimum atomic E-state index is -4.24. The van der Waals surface area contributed by atoms with Gasteiger partial charge in [0.05, 0.1) is 7.11 Å². The Balaban J connectivity index is 0.00000289. The van der Waals surface area contributed by atoms with E-state index < -0.39 is 18.6 Å². The second-order valence-electron chi connectivity index (χ2n) is 3.69. The highest BCUT2D eigenvalue weighted by Gasteiger charge is 2.28. The van der Waals surface area contributed by atoms with Crippen LogP contribution in [-0.2, 0) is 0 Å². The van der Waals surface area contributed by atoms with Gasteiger partial charge in [-0.2, -0.15) is 13.2 Å². The normalized spacial score (nSPS) is 12.7. The van der Waals surface area contributed by atoms with Crippen LogP contribution in [-0.4, -0.2) is 18.4 Å².